The summed E-state index contributed by atoms with van der Waals surface area (Å²) in [7, 11) is 0. The third-order valence-corrected chi connectivity index (χ3v) is 4.83. The molecule has 0 unspecified atom stereocenters. The number of nitrogens with zero attached hydrogens (tertiary/aromatic N) is 1. The second-order valence-corrected chi connectivity index (χ2v) is 6.45. The van der Waals surface area contributed by atoms with Gasteiger partial charge >= 0.3 is 12.0 Å². The van der Waals surface area contributed by atoms with Gasteiger partial charge in [0.15, 0.2) is 0 Å². The summed E-state index contributed by atoms with van der Waals surface area (Å²) >= 11 is 1.68. The van der Waals surface area contributed by atoms with Crippen LogP contribution in [0, 0.1) is 5.41 Å². The summed E-state index contributed by atoms with van der Waals surface area (Å²) in [5.74, 6) is -0.768. The molecule has 20 heavy (non-hydrogen) atoms. The number of hydrogen-bond acceptors (Lipinski definition) is 3. The van der Waals surface area contributed by atoms with Crippen molar-refractivity contribution in [2.45, 2.75) is 26.2 Å². The van der Waals surface area contributed by atoms with Crippen LogP contribution in [0.3, 0.4) is 0 Å². The van der Waals surface area contributed by atoms with Gasteiger partial charge in [0.2, 0.25) is 0 Å². The number of amides is 2. The third kappa shape index (κ3) is 3.50. The van der Waals surface area contributed by atoms with Gasteiger partial charge in [-0.15, -0.1) is 11.3 Å². The second-order valence-electron chi connectivity index (χ2n) is 5.41. The van der Waals surface area contributed by atoms with E-state index in [1.54, 1.807) is 23.2 Å². The molecule has 0 bridgehead atoms. The number of carbonyl (C=O) groups is 2. The highest BCUT2D eigenvalue weighted by Gasteiger charge is 2.37. The first kappa shape index (κ1) is 14.8. The number of carbonyl (C=O) groups excluding carboxylic acids is 1. The van der Waals surface area contributed by atoms with E-state index in [-0.39, 0.29) is 6.03 Å². The number of thiophene rings is 1. The fourth-order valence-electron chi connectivity index (χ4n) is 2.28. The maximum atomic E-state index is 12.0. The molecular weight excluding hydrogens is 276 g/mol. The maximum absolute atomic E-state index is 12.0. The minimum atomic E-state index is -0.768. The zero-order valence-corrected chi connectivity index (χ0v) is 12.4. The number of aliphatic carboxylic acids is 1. The van der Waals surface area contributed by atoms with Crippen LogP contribution in [0.15, 0.2) is 17.5 Å². The molecule has 0 spiro atoms. The van der Waals surface area contributed by atoms with Gasteiger partial charge in [0.1, 0.15) is 0 Å². The van der Waals surface area contributed by atoms with Crippen molar-refractivity contribution in [3.05, 3.63) is 22.4 Å². The van der Waals surface area contributed by atoms with Gasteiger partial charge in [-0.3, -0.25) is 4.79 Å². The highest BCUT2D eigenvalue weighted by atomic mass is 32.1. The smallest absolute Gasteiger partial charge is 0.317 e. The summed E-state index contributed by atoms with van der Waals surface area (Å²) in [5, 5.41) is 14.1. The van der Waals surface area contributed by atoms with Crippen molar-refractivity contribution < 1.29 is 14.7 Å². The average Bonchev–Trinajstić information content (AvgIpc) is 2.92. The summed E-state index contributed by atoms with van der Waals surface area (Å²) in [4.78, 5) is 26.1. The molecule has 1 aliphatic rings. The van der Waals surface area contributed by atoms with Crippen LogP contribution in [0.1, 0.15) is 24.6 Å². The lowest BCUT2D eigenvalue weighted by Gasteiger charge is -2.36. The van der Waals surface area contributed by atoms with Crippen LogP contribution in [-0.2, 0) is 11.2 Å². The molecule has 0 radical (unpaired) electrons. The van der Waals surface area contributed by atoms with Crippen molar-refractivity contribution in [2.75, 3.05) is 19.6 Å². The fraction of sp³-hybridized carbons (Fsp3) is 0.571. The number of carboxylic acid groups (broad SMARTS) is 1. The zero-order valence-electron chi connectivity index (χ0n) is 11.6. The van der Waals surface area contributed by atoms with Gasteiger partial charge in [0, 0.05) is 24.5 Å². The molecular formula is C14H20N2O3S. The number of carboxylic acids is 1. The van der Waals surface area contributed by atoms with E-state index in [4.69, 9.17) is 5.11 Å². The van der Waals surface area contributed by atoms with Gasteiger partial charge in [-0.05, 0) is 37.6 Å². The van der Waals surface area contributed by atoms with E-state index in [1.807, 2.05) is 11.4 Å². The highest BCUT2D eigenvalue weighted by Crippen LogP contribution is 2.30. The van der Waals surface area contributed by atoms with Crippen molar-refractivity contribution in [1.82, 2.24) is 10.2 Å². The topological polar surface area (TPSA) is 69.6 Å². The minimum absolute atomic E-state index is 0.0889. The van der Waals surface area contributed by atoms with Crippen LogP contribution in [0.25, 0.3) is 0 Å². The molecule has 1 aliphatic heterocycles. The lowest BCUT2D eigenvalue weighted by Crippen LogP contribution is -2.49. The van der Waals surface area contributed by atoms with E-state index in [0.717, 1.165) is 6.42 Å². The van der Waals surface area contributed by atoms with E-state index < -0.39 is 11.4 Å². The third-order valence-electron chi connectivity index (χ3n) is 3.90. The Morgan fingerprint density at radius 3 is 2.70 bits per heavy atom. The van der Waals surface area contributed by atoms with E-state index in [9.17, 15) is 9.59 Å². The van der Waals surface area contributed by atoms with Crippen molar-refractivity contribution in [3.8, 4) is 0 Å². The van der Waals surface area contributed by atoms with Crippen LogP contribution in [0.4, 0.5) is 4.79 Å². The van der Waals surface area contributed by atoms with Gasteiger partial charge in [0.05, 0.1) is 5.41 Å². The fourth-order valence-corrected chi connectivity index (χ4v) is 2.99. The number of urea groups is 1. The summed E-state index contributed by atoms with van der Waals surface area (Å²) in [5.41, 5.74) is -0.687. The standard InChI is InChI=1S/C14H20N2O3S/c1-14(12(17)18)5-8-16(9-6-14)13(19)15-7-4-11-3-2-10-20-11/h2-3,10H,4-9H2,1H3,(H,15,19)(H,17,18). The Labute approximate surface area is 122 Å². The molecule has 2 heterocycles. The van der Waals surface area contributed by atoms with Crippen molar-refractivity contribution in [1.29, 1.82) is 0 Å². The molecule has 1 aromatic heterocycles. The number of rotatable bonds is 4. The van der Waals surface area contributed by atoms with Crippen molar-refractivity contribution >= 4 is 23.3 Å². The van der Waals surface area contributed by atoms with Crippen LogP contribution < -0.4 is 5.32 Å². The molecule has 110 valence electrons. The van der Waals surface area contributed by atoms with Gasteiger partial charge in [-0.1, -0.05) is 6.07 Å². The monoisotopic (exact) mass is 296 g/mol. The Hall–Kier alpha value is -1.56. The second kappa shape index (κ2) is 6.26. The SMILES string of the molecule is CC1(C(=O)O)CCN(C(=O)NCCc2cccs2)CC1. The van der Waals surface area contributed by atoms with Crippen molar-refractivity contribution in [3.63, 3.8) is 0 Å². The summed E-state index contributed by atoms with van der Waals surface area (Å²) < 4.78 is 0. The van der Waals surface area contributed by atoms with Crippen LogP contribution in [0.5, 0.6) is 0 Å². The molecule has 0 atom stereocenters. The summed E-state index contributed by atoms with van der Waals surface area (Å²) in [6.45, 7) is 3.38. The van der Waals surface area contributed by atoms with E-state index in [1.165, 1.54) is 4.88 Å². The first-order valence-corrected chi connectivity index (χ1v) is 7.68. The van der Waals surface area contributed by atoms with Gasteiger partial charge in [-0.25, -0.2) is 4.79 Å². The first-order valence-electron chi connectivity index (χ1n) is 6.80. The Bertz CT molecular complexity index is 465. The van der Waals surface area contributed by atoms with Gasteiger partial charge < -0.3 is 15.3 Å². The predicted octanol–water partition coefficient (Wildman–Crippen LogP) is 2.19. The van der Waals surface area contributed by atoms with Crippen molar-refractivity contribution in [2.24, 2.45) is 5.41 Å². The molecule has 1 fully saturated rings. The Morgan fingerprint density at radius 2 is 2.15 bits per heavy atom. The van der Waals surface area contributed by atoms with Crippen LogP contribution in [-0.4, -0.2) is 41.6 Å². The molecule has 1 aromatic rings. The van der Waals surface area contributed by atoms with Gasteiger partial charge in [-0.2, -0.15) is 0 Å². The number of hydrogen-bond donors (Lipinski definition) is 2. The molecule has 2 N–H and O–H groups in total. The Balaban J connectivity index is 1.73. The van der Waals surface area contributed by atoms with E-state index >= 15 is 0 Å². The van der Waals surface area contributed by atoms with Crippen LogP contribution >= 0.6 is 11.3 Å². The quantitative estimate of drug-likeness (QED) is 0.895. The Morgan fingerprint density at radius 1 is 1.45 bits per heavy atom. The first-order chi connectivity index (χ1) is 9.51. The molecule has 2 rings (SSSR count). The van der Waals surface area contributed by atoms with E-state index in [2.05, 4.69) is 11.4 Å². The average molecular weight is 296 g/mol. The van der Waals surface area contributed by atoms with Crippen LogP contribution in [0.2, 0.25) is 0 Å². The normalized spacial score (nSPS) is 17.8. The molecule has 5 nitrogen and oxygen atoms in total. The highest BCUT2D eigenvalue weighted by molar-refractivity contribution is 7.09. The molecule has 0 saturated carbocycles. The zero-order chi connectivity index (χ0) is 14.6. The molecule has 1 saturated heterocycles. The molecule has 0 aliphatic carbocycles. The van der Waals surface area contributed by atoms with E-state index in [0.29, 0.717) is 32.5 Å². The largest absolute Gasteiger partial charge is 0.481 e. The number of likely N-dealkylation sites (tertiary alicyclic amines) is 1. The summed E-state index contributed by atoms with van der Waals surface area (Å²) in [6, 6.07) is 3.96. The number of nitrogens with one attached hydrogen (secondary N) is 1. The lowest BCUT2D eigenvalue weighted by atomic mass is 9.80. The molecule has 2 amide bonds. The Kier molecular flexibility index (Phi) is 4.65. The summed E-state index contributed by atoms with van der Waals surface area (Å²) in [6.07, 6.45) is 1.87. The predicted molar refractivity (Wildman–Crippen MR) is 78.0 cm³/mol. The minimum Gasteiger partial charge on any atom is -0.481 e. The maximum Gasteiger partial charge on any atom is 0.317 e. The molecule has 6 heteroatoms. The molecule has 0 aromatic carbocycles. The van der Waals surface area contributed by atoms with Gasteiger partial charge in [0.25, 0.3) is 0 Å². The lowest BCUT2D eigenvalue weighted by molar-refractivity contribution is -0.150. The number of piperidine rings is 1.